The third-order valence-electron chi connectivity index (χ3n) is 3.94. The van der Waals surface area contributed by atoms with Crippen LogP contribution in [0.4, 0.5) is 0 Å². The fourth-order valence-electron chi connectivity index (χ4n) is 3.00. The summed E-state index contributed by atoms with van der Waals surface area (Å²) in [6.45, 7) is 5.86. The van der Waals surface area contributed by atoms with Crippen LogP contribution in [0.25, 0.3) is 0 Å². The molecule has 1 rings (SSSR count). The smallest absolute Gasteiger partial charge is 0.00697 e. The summed E-state index contributed by atoms with van der Waals surface area (Å²) in [4.78, 5) is 0. The van der Waals surface area contributed by atoms with E-state index in [0.29, 0.717) is 0 Å². The topological polar surface area (TPSA) is 12.0 Å². The molecule has 2 unspecified atom stereocenters. The van der Waals surface area contributed by atoms with Gasteiger partial charge in [-0.05, 0) is 31.7 Å². The Bertz CT molecular complexity index is 154. The van der Waals surface area contributed by atoms with Crippen molar-refractivity contribution in [3.05, 3.63) is 0 Å². The minimum Gasteiger partial charge on any atom is -0.314 e. The summed E-state index contributed by atoms with van der Waals surface area (Å²) in [5, 5.41) is 3.77. The van der Waals surface area contributed by atoms with E-state index < -0.39 is 0 Å². The maximum Gasteiger partial charge on any atom is 0.00697 e. The standard InChI is InChI=1S/C15H31N/c1-3-5-6-7-12-16-15-11-8-10-14(13-15)9-4-2/h14-16H,3-13H2,1-2H3. The summed E-state index contributed by atoms with van der Waals surface area (Å²) >= 11 is 0. The third kappa shape index (κ3) is 5.89. The number of rotatable bonds is 8. The van der Waals surface area contributed by atoms with E-state index in [1.54, 1.807) is 0 Å². The van der Waals surface area contributed by atoms with Gasteiger partial charge in [-0.3, -0.25) is 0 Å². The average molecular weight is 225 g/mol. The molecule has 1 heteroatoms. The second-order valence-corrected chi connectivity index (χ2v) is 5.53. The molecule has 1 saturated carbocycles. The van der Waals surface area contributed by atoms with Gasteiger partial charge in [0.05, 0.1) is 0 Å². The molecular formula is C15H31N. The zero-order valence-corrected chi connectivity index (χ0v) is 11.4. The molecule has 0 aromatic carbocycles. The first-order chi connectivity index (χ1) is 7.86. The van der Waals surface area contributed by atoms with Crippen LogP contribution in [0, 0.1) is 5.92 Å². The Labute approximate surface area is 102 Å². The maximum absolute atomic E-state index is 3.77. The quantitative estimate of drug-likeness (QED) is 0.599. The second kappa shape index (κ2) is 9.04. The van der Waals surface area contributed by atoms with Gasteiger partial charge in [-0.25, -0.2) is 0 Å². The summed E-state index contributed by atoms with van der Waals surface area (Å²) in [5.41, 5.74) is 0. The van der Waals surface area contributed by atoms with Crippen LogP contribution in [-0.4, -0.2) is 12.6 Å². The van der Waals surface area contributed by atoms with Crippen LogP contribution >= 0.6 is 0 Å². The van der Waals surface area contributed by atoms with Gasteiger partial charge in [-0.2, -0.15) is 0 Å². The van der Waals surface area contributed by atoms with Crippen molar-refractivity contribution in [1.82, 2.24) is 5.32 Å². The van der Waals surface area contributed by atoms with E-state index in [1.165, 1.54) is 70.8 Å². The summed E-state index contributed by atoms with van der Waals surface area (Å²) in [6.07, 6.45) is 14.2. The summed E-state index contributed by atoms with van der Waals surface area (Å²) in [6, 6.07) is 0.840. The first-order valence-corrected chi connectivity index (χ1v) is 7.60. The van der Waals surface area contributed by atoms with Crippen molar-refractivity contribution < 1.29 is 0 Å². The molecule has 0 radical (unpaired) electrons. The van der Waals surface area contributed by atoms with Crippen molar-refractivity contribution >= 4 is 0 Å². The largest absolute Gasteiger partial charge is 0.314 e. The Hall–Kier alpha value is -0.0400. The van der Waals surface area contributed by atoms with Crippen molar-refractivity contribution in [2.45, 2.75) is 84.1 Å². The lowest BCUT2D eigenvalue weighted by atomic mass is 9.83. The molecule has 0 aromatic rings. The number of unbranched alkanes of at least 4 members (excludes halogenated alkanes) is 3. The molecule has 16 heavy (non-hydrogen) atoms. The van der Waals surface area contributed by atoms with Gasteiger partial charge in [0.1, 0.15) is 0 Å². The van der Waals surface area contributed by atoms with Gasteiger partial charge in [-0.15, -0.1) is 0 Å². The highest BCUT2D eigenvalue weighted by atomic mass is 14.9. The van der Waals surface area contributed by atoms with Crippen LogP contribution in [-0.2, 0) is 0 Å². The van der Waals surface area contributed by atoms with E-state index >= 15 is 0 Å². The zero-order valence-electron chi connectivity index (χ0n) is 11.4. The van der Waals surface area contributed by atoms with E-state index in [-0.39, 0.29) is 0 Å². The van der Waals surface area contributed by atoms with Crippen molar-refractivity contribution in [2.24, 2.45) is 5.92 Å². The molecule has 1 aliphatic rings. The predicted molar refractivity (Wildman–Crippen MR) is 72.8 cm³/mol. The van der Waals surface area contributed by atoms with Crippen LogP contribution in [0.15, 0.2) is 0 Å². The average Bonchev–Trinajstić information content (AvgIpc) is 2.30. The van der Waals surface area contributed by atoms with E-state index in [9.17, 15) is 0 Å². The Morgan fingerprint density at radius 1 is 1.00 bits per heavy atom. The molecule has 1 fully saturated rings. The Morgan fingerprint density at radius 2 is 1.88 bits per heavy atom. The van der Waals surface area contributed by atoms with Crippen molar-refractivity contribution in [2.75, 3.05) is 6.54 Å². The number of nitrogens with one attached hydrogen (secondary N) is 1. The third-order valence-corrected chi connectivity index (χ3v) is 3.94. The van der Waals surface area contributed by atoms with Gasteiger partial charge in [0.15, 0.2) is 0 Å². The minimum absolute atomic E-state index is 0.840. The van der Waals surface area contributed by atoms with E-state index in [2.05, 4.69) is 19.2 Å². The lowest BCUT2D eigenvalue weighted by Gasteiger charge is -2.29. The van der Waals surface area contributed by atoms with Gasteiger partial charge in [0.25, 0.3) is 0 Å². The highest BCUT2D eigenvalue weighted by Gasteiger charge is 2.20. The zero-order chi connectivity index (χ0) is 11.6. The second-order valence-electron chi connectivity index (χ2n) is 5.53. The van der Waals surface area contributed by atoms with Crippen LogP contribution < -0.4 is 5.32 Å². The van der Waals surface area contributed by atoms with Crippen LogP contribution in [0.1, 0.15) is 78.1 Å². The van der Waals surface area contributed by atoms with Gasteiger partial charge >= 0.3 is 0 Å². The fraction of sp³-hybridized carbons (Fsp3) is 1.00. The Kier molecular flexibility index (Phi) is 7.92. The molecule has 1 N–H and O–H groups in total. The van der Waals surface area contributed by atoms with Crippen LogP contribution in [0.2, 0.25) is 0 Å². The highest BCUT2D eigenvalue weighted by Crippen LogP contribution is 2.27. The normalized spacial score (nSPS) is 25.9. The van der Waals surface area contributed by atoms with Gasteiger partial charge in [0, 0.05) is 6.04 Å². The molecule has 0 spiro atoms. The molecule has 0 saturated heterocycles. The molecular weight excluding hydrogens is 194 g/mol. The molecule has 0 aromatic heterocycles. The molecule has 1 nitrogen and oxygen atoms in total. The van der Waals surface area contributed by atoms with E-state index in [4.69, 9.17) is 0 Å². The summed E-state index contributed by atoms with van der Waals surface area (Å²) in [5.74, 6) is 1.02. The Balaban J connectivity index is 2.02. The van der Waals surface area contributed by atoms with Crippen molar-refractivity contribution in [3.63, 3.8) is 0 Å². The first-order valence-electron chi connectivity index (χ1n) is 7.60. The summed E-state index contributed by atoms with van der Waals surface area (Å²) < 4.78 is 0. The maximum atomic E-state index is 3.77. The van der Waals surface area contributed by atoms with Crippen molar-refractivity contribution in [3.8, 4) is 0 Å². The molecule has 96 valence electrons. The fourth-order valence-corrected chi connectivity index (χ4v) is 3.00. The van der Waals surface area contributed by atoms with Gasteiger partial charge in [0.2, 0.25) is 0 Å². The molecule has 2 atom stereocenters. The lowest BCUT2D eigenvalue weighted by molar-refractivity contribution is 0.271. The van der Waals surface area contributed by atoms with Gasteiger partial charge in [-0.1, -0.05) is 58.8 Å². The van der Waals surface area contributed by atoms with Crippen LogP contribution in [0.5, 0.6) is 0 Å². The summed E-state index contributed by atoms with van der Waals surface area (Å²) in [7, 11) is 0. The van der Waals surface area contributed by atoms with E-state index in [0.717, 1.165) is 12.0 Å². The predicted octanol–water partition coefficient (Wildman–Crippen LogP) is 4.52. The SMILES string of the molecule is CCCCCCNC1CCCC(CCC)C1. The lowest BCUT2D eigenvalue weighted by Crippen LogP contribution is -2.34. The monoisotopic (exact) mass is 225 g/mol. The van der Waals surface area contributed by atoms with Gasteiger partial charge < -0.3 is 5.32 Å². The number of hydrogen-bond acceptors (Lipinski definition) is 1. The molecule has 0 heterocycles. The minimum atomic E-state index is 0.840. The molecule has 0 aliphatic heterocycles. The van der Waals surface area contributed by atoms with E-state index in [1.807, 2.05) is 0 Å². The molecule has 1 aliphatic carbocycles. The molecule has 0 amide bonds. The Morgan fingerprint density at radius 3 is 2.62 bits per heavy atom. The van der Waals surface area contributed by atoms with Crippen molar-refractivity contribution in [1.29, 1.82) is 0 Å². The van der Waals surface area contributed by atoms with Crippen LogP contribution in [0.3, 0.4) is 0 Å². The molecule has 0 bridgehead atoms. The first kappa shape index (κ1) is 14.0. The number of hydrogen-bond donors (Lipinski definition) is 1. The highest BCUT2D eigenvalue weighted by molar-refractivity contribution is 4.77.